The van der Waals surface area contributed by atoms with Crippen LogP contribution in [0.4, 0.5) is 0 Å². The first-order chi connectivity index (χ1) is 5.61. The predicted octanol–water partition coefficient (Wildman–Crippen LogP) is 1.82. The van der Waals surface area contributed by atoms with Crippen LogP contribution < -0.4 is 11.5 Å². The van der Waals surface area contributed by atoms with Crippen LogP contribution in [0.25, 0.3) is 0 Å². The van der Waals surface area contributed by atoms with E-state index in [-0.39, 0.29) is 0 Å². The molecule has 0 aromatic heterocycles. The van der Waals surface area contributed by atoms with Crippen LogP contribution in [-0.4, -0.2) is 0 Å². The Bertz CT molecular complexity index is 245. The summed E-state index contributed by atoms with van der Waals surface area (Å²) in [5.74, 6) is 0. The summed E-state index contributed by atoms with van der Waals surface area (Å²) in [6.45, 7) is 7.49. The summed E-state index contributed by atoms with van der Waals surface area (Å²) in [6.07, 6.45) is 7.23. The van der Waals surface area contributed by atoms with E-state index in [4.69, 9.17) is 11.5 Å². The lowest BCUT2D eigenvalue weighted by Crippen LogP contribution is -1.97. The molecule has 0 fully saturated rings. The van der Waals surface area contributed by atoms with Crippen molar-refractivity contribution in [3.8, 4) is 0 Å². The van der Waals surface area contributed by atoms with Gasteiger partial charge in [-0.1, -0.05) is 18.7 Å². The smallest absolute Gasteiger partial charge is 0.0314 e. The maximum atomic E-state index is 5.54. The topological polar surface area (TPSA) is 52.0 Å². The Labute approximate surface area is 73.9 Å². The molecule has 0 amide bonds. The van der Waals surface area contributed by atoms with Crippen molar-refractivity contribution in [2.45, 2.75) is 13.8 Å². The summed E-state index contributed by atoms with van der Waals surface area (Å²) in [7, 11) is 0. The predicted molar refractivity (Wildman–Crippen MR) is 54.2 cm³/mol. The fourth-order valence-corrected chi connectivity index (χ4v) is 0.721. The van der Waals surface area contributed by atoms with Gasteiger partial charge in [0.25, 0.3) is 0 Å². The molecule has 12 heavy (non-hydrogen) atoms. The molecule has 0 aromatic carbocycles. The third kappa shape index (κ3) is 3.66. The Morgan fingerprint density at radius 2 is 2.00 bits per heavy atom. The van der Waals surface area contributed by atoms with Crippen molar-refractivity contribution in [1.29, 1.82) is 0 Å². The lowest BCUT2D eigenvalue weighted by atomic mass is 10.1. The van der Waals surface area contributed by atoms with Crippen LogP contribution in [0.15, 0.2) is 47.9 Å². The molecular formula is C10H16N2. The molecule has 0 rings (SSSR count). The van der Waals surface area contributed by atoms with E-state index in [0.29, 0.717) is 5.70 Å². The molecule has 0 aliphatic carbocycles. The third-order valence-electron chi connectivity index (χ3n) is 1.36. The van der Waals surface area contributed by atoms with Crippen LogP contribution in [0.2, 0.25) is 0 Å². The van der Waals surface area contributed by atoms with E-state index in [1.807, 2.05) is 32.1 Å². The highest BCUT2D eigenvalue weighted by atomic mass is 14.6. The minimum Gasteiger partial charge on any atom is -0.404 e. The van der Waals surface area contributed by atoms with Crippen LogP contribution in [0.3, 0.4) is 0 Å². The van der Waals surface area contributed by atoms with E-state index in [9.17, 15) is 0 Å². The maximum Gasteiger partial charge on any atom is 0.0314 e. The van der Waals surface area contributed by atoms with Gasteiger partial charge in [-0.15, -0.1) is 0 Å². The van der Waals surface area contributed by atoms with Gasteiger partial charge in [-0.25, -0.2) is 0 Å². The molecule has 0 saturated carbocycles. The Hall–Kier alpha value is -1.44. The number of allylic oxidation sites excluding steroid dienone is 4. The molecule has 0 radical (unpaired) electrons. The van der Waals surface area contributed by atoms with E-state index in [0.717, 1.165) is 11.1 Å². The summed E-state index contributed by atoms with van der Waals surface area (Å²) < 4.78 is 0. The fourth-order valence-electron chi connectivity index (χ4n) is 0.721. The van der Waals surface area contributed by atoms with Gasteiger partial charge in [0.05, 0.1) is 0 Å². The highest BCUT2D eigenvalue weighted by molar-refractivity contribution is 5.40. The largest absolute Gasteiger partial charge is 0.404 e. The summed E-state index contributed by atoms with van der Waals surface area (Å²) in [4.78, 5) is 0. The standard InChI is InChI=1S/C10H16N2/c1-4-5-10(9(3)12)6-8(2)7-11/h4-7H,3,11-12H2,1-2H3/b5-4-,8-7-,10-6-. The van der Waals surface area contributed by atoms with Crippen LogP contribution in [0, 0.1) is 0 Å². The molecule has 0 spiro atoms. The number of hydrogen-bond donors (Lipinski definition) is 2. The monoisotopic (exact) mass is 164 g/mol. The molecule has 4 N–H and O–H groups in total. The van der Waals surface area contributed by atoms with Crippen molar-refractivity contribution in [3.05, 3.63) is 47.9 Å². The first kappa shape index (κ1) is 10.6. The second-order valence-electron chi connectivity index (χ2n) is 2.54. The molecule has 0 heterocycles. The van der Waals surface area contributed by atoms with Gasteiger partial charge < -0.3 is 11.5 Å². The van der Waals surface area contributed by atoms with Gasteiger partial charge in [0.2, 0.25) is 0 Å². The zero-order valence-corrected chi connectivity index (χ0v) is 7.67. The Morgan fingerprint density at radius 3 is 2.33 bits per heavy atom. The number of rotatable bonds is 3. The van der Waals surface area contributed by atoms with E-state index in [2.05, 4.69) is 6.58 Å². The van der Waals surface area contributed by atoms with Crippen molar-refractivity contribution >= 4 is 0 Å². The molecule has 0 unspecified atom stereocenters. The molecule has 0 aliphatic heterocycles. The molecule has 0 aliphatic rings. The number of nitrogens with two attached hydrogens (primary N) is 2. The lowest BCUT2D eigenvalue weighted by Gasteiger charge is -2.00. The first-order valence-corrected chi connectivity index (χ1v) is 3.79. The summed E-state index contributed by atoms with van der Waals surface area (Å²) in [5.41, 5.74) is 13.3. The highest BCUT2D eigenvalue weighted by Crippen LogP contribution is 2.07. The minimum atomic E-state index is 0.550. The van der Waals surface area contributed by atoms with E-state index < -0.39 is 0 Å². The van der Waals surface area contributed by atoms with Gasteiger partial charge >= 0.3 is 0 Å². The molecule has 2 nitrogen and oxygen atoms in total. The average Bonchev–Trinajstić information content (AvgIpc) is 2.03. The quantitative estimate of drug-likeness (QED) is 0.625. The summed E-state index contributed by atoms with van der Waals surface area (Å²) in [6, 6.07) is 0. The Morgan fingerprint density at radius 1 is 1.42 bits per heavy atom. The molecule has 0 aromatic rings. The van der Waals surface area contributed by atoms with Crippen molar-refractivity contribution in [1.82, 2.24) is 0 Å². The van der Waals surface area contributed by atoms with Crippen molar-refractivity contribution in [3.63, 3.8) is 0 Å². The van der Waals surface area contributed by atoms with Crippen molar-refractivity contribution in [2.75, 3.05) is 0 Å². The van der Waals surface area contributed by atoms with Crippen molar-refractivity contribution in [2.24, 2.45) is 11.5 Å². The second-order valence-corrected chi connectivity index (χ2v) is 2.54. The van der Waals surface area contributed by atoms with Gasteiger partial charge in [0.1, 0.15) is 0 Å². The third-order valence-corrected chi connectivity index (χ3v) is 1.36. The first-order valence-electron chi connectivity index (χ1n) is 3.79. The molecule has 0 bridgehead atoms. The number of hydrogen-bond acceptors (Lipinski definition) is 2. The van der Waals surface area contributed by atoms with Gasteiger partial charge in [0.15, 0.2) is 0 Å². The van der Waals surface area contributed by atoms with Crippen LogP contribution >= 0.6 is 0 Å². The average molecular weight is 164 g/mol. The van der Waals surface area contributed by atoms with E-state index in [1.165, 1.54) is 6.20 Å². The normalized spacial score (nSPS) is 13.8. The zero-order valence-electron chi connectivity index (χ0n) is 7.67. The van der Waals surface area contributed by atoms with Gasteiger partial charge in [-0.3, -0.25) is 0 Å². The Balaban J connectivity index is 4.73. The summed E-state index contributed by atoms with van der Waals surface area (Å²) >= 11 is 0. The molecule has 0 atom stereocenters. The maximum absolute atomic E-state index is 5.54. The van der Waals surface area contributed by atoms with Gasteiger partial charge in [0, 0.05) is 5.70 Å². The van der Waals surface area contributed by atoms with Gasteiger partial charge in [-0.05, 0) is 37.3 Å². The highest BCUT2D eigenvalue weighted by Gasteiger charge is 1.92. The molecule has 0 saturated heterocycles. The van der Waals surface area contributed by atoms with Crippen LogP contribution in [0.5, 0.6) is 0 Å². The van der Waals surface area contributed by atoms with E-state index >= 15 is 0 Å². The zero-order chi connectivity index (χ0) is 9.56. The summed E-state index contributed by atoms with van der Waals surface area (Å²) in [5, 5.41) is 0. The molecule has 2 heteroatoms. The van der Waals surface area contributed by atoms with Crippen LogP contribution in [0.1, 0.15) is 13.8 Å². The molecule has 66 valence electrons. The van der Waals surface area contributed by atoms with E-state index in [1.54, 1.807) is 0 Å². The minimum absolute atomic E-state index is 0.550. The molecular weight excluding hydrogens is 148 g/mol. The van der Waals surface area contributed by atoms with Gasteiger partial charge in [-0.2, -0.15) is 0 Å². The van der Waals surface area contributed by atoms with Crippen molar-refractivity contribution < 1.29 is 0 Å². The Kier molecular flexibility index (Phi) is 4.61. The lowest BCUT2D eigenvalue weighted by molar-refractivity contribution is 1.33. The SMILES string of the molecule is C=C(N)C(/C=C\C)=C\C(C)=C/N. The second kappa shape index (κ2) is 5.24. The fraction of sp³-hybridized carbons (Fsp3) is 0.200. The van der Waals surface area contributed by atoms with Crippen LogP contribution in [-0.2, 0) is 0 Å².